The van der Waals surface area contributed by atoms with Crippen LogP contribution in [0.1, 0.15) is 43.5 Å². The van der Waals surface area contributed by atoms with Crippen LogP contribution in [0.3, 0.4) is 0 Å². The second-order valence-electron chi connectivity index (χ2n) is 8.88. The lowest BCUT2D eigenvalue weighted by Crippen LogP contribution is -2.37. The zero-order chi connectivity index (χ0) is 21.8. The quantitative estimate of drug-likeness (QED) is 0.622. The van der Waals surface area contributed by atoms with Gasteiger partial charge in [0.25, 0.3) is 0 Å². The van der Waals surface area contributed by atoms with Gasteiger partial charge in [0.1, 0.15) is 0 Å². The van der Waals surface area contributed by atoms with Crippen LogP contribution >= 0.6 is 0 Å². The number of nitrogens with zero attached hydrogens (tertiary/aromatic N) is 2. The van der Waals surface area contributed by atoms with E-state index in [0.717, 1.165) is 24.9 Å². The number of aryl methyl sites for hydroxylation is 1. The molecule has 0 radical (unpaired) electrons. The fraction of sp³-hybridized carbons (Fsp3) is 0.370. The van der Waals surface area contributed by atoms with E-state index in [-0.39, 0.29) is 24.2 Å². The summed E-state index contributed by atoms with van der Waals surface area (Å²) in [6, 6.07) is 20.5. The van der Waals surface area contributed by atoms with Gasteiger partial charge in [-0.05, 0) is 56.9 Å². The molecule has 2 aromatic carbocycles. The van der Waals surface area contributed by atoms with Gasteiger partial charge in [0, 0.05) is 5.41 Å². The van der Waals surface area contributed by atoms with Crippen LogP contribution in [-0.2, 0) is 11.2 Å². The molecule has 1 fully saturated rings. The molecule has 162 valence electrons. The van der Waals surface area contributed by atoms with E-state index in [9.17, 15) is 5.11 Å². The summed E-state index contributed by atoms with van der Waals surface area (Å²) in [6.07, 6.45) is 7.39. The predicted octanol–water partition coefficient (Wildman–Crippen LogP) is 5.37. The first-order chi connectivity index (χ1) is 15.0. The van der Waals surface area contributed by atoms with Gasteiger partial charge in [-0.2, -0.15) is 5.10 Å². The summed E-state index contributed by atoms with van der Waals surface area (Å²) in [4.78, 5) is 0. The molecule has 3 atom stereocenters. The lowest BCUT2D eigenvalue weighted by atomic mass is 9.73. The Bertz CT molecular complexity index is 996. The van der Waals surface area contributed by atoms with Crippen molar-refractivity contribution in [2.24, 2.45) is 5.41 Å². The van der Waals surface area contributed by atoms with Crippen LogP contribution < -0.4 is 0 Å². The number of hydrogen-bond donors (Lipinski definition) is 1. The Morgan fingerprint density at radius 2 is 1.77 bits per heavy atom. The maximum atomic E-state index is 9.33. The molecule has 5 rings (SSSR count). The summed E-state index contributed by atoms with van der Waals surface area (Å²) in [7, 11) is 0. The van der Waals surface area contributed by atoms with Crippen LogP contribution in [0.25, 0.3) is 11.8 Å². The number of aliphatic hydroxyl groups excluding tert-OH is 1. The fourth-order valence-corrected chi connectivity index (χ4v) is 4.62. The smallest absolute Gasteiger partial charge is 0.0781 e. The lowest BCUT2D eigenvalue weighted by molar-refractivity contribution is -0.0656. The van der Waals surface area contributed by atoms with Gasteiger partial charge in [-0.3, -0.25) is 0 Å². The molecule has 0 aliphatic heterocycles. The molecule has 0 spiro atoms. The summed E-state index contributed by atoms with van der Waals surface area (Å²) < 4.78 is 8.18. The number of aromatic nitrogens is 2. The molecular formula is C27H32N2O2. The van der Waals surface area contributed by atoms with Crippen LogP contribution in [0.15, 0.2) is 72.4 Å². The Kier molecular flexibility index (Phi) is 6.40. The number of hydrogen-bond acceptors (Lipinski definition) is 3. The summed E-state index contributed by atoms with van der Waals surface area (Å²) in [5, 5.41) is 14.0. The SMILES string of the molecule is Cc1ccc(-n2ncc3c2C=C2CCC(OC(C)CO)C2(C)C3)cc1.c1ccccc1. The van der Waals surface area contributed by atoms with E-state index < -0.39 is 0 Å². The minimum atomic E-state index is -0.113. The van der Waals surface area contributed by atoms with Crippen LogP contribution in [0, 0.1) is 12.3 Å². The van der Waals surface area contributed by atoms with Gasteiger partial charge < -0.3 is 9.84 Å². The molecule has 1 N–H and O–H groups in total. The van der Waals surface area contributed by atoms with Crippen molar-refractivity contribution in [1.82, 2.24) is 9.78 Å². The topological polar surface area (TPSA) is 47.3 Å². The molecule has 31 heavy (non-hydrogen) atoms. The largest absolute Gasteiger partial charge is 0.394 e. The first kappa shape index (κ1) is 21.5. The molecule has 0 bridgehead atoms. The minimum Gasteiger partial charge on any atom is -0.394 e. The Morgan fingerprint density at radius 3 is 2.39 bits per heavy atom. The van der Waals surface area contributed by atoms with E-state index in [1.165, 1.54) is 22.4 Å². The first-order valence-electron chi connectivity index (χ1n) is 11.1. The van der Waals surface area contributed by atoms with Gasteiger partial charge in [0.15, 0.2) is 0 Å². The average Bonchev–Trinajstić information content (AvgIpc) is 3.34. The summed E-state index contributed by atoms with van der Waals surface area (Å²) in [5.74, 6) is 0. The second-order valence-corrected chi connectivity index (χ2v) is 8.88. The van der Waals surface area contributed by atoms with E-state index in [0.29, 0.717) is 0 Å². The second kappa shape index (κ2) is 9.21. The number of benzene rings is 2. The van der Waals surface area contributed by atoms with Gasteiger partial charge >= 0.3 is 0 Å². The van der Waals surface area contributed by atoms with Crippen molar-refractivity contribution in [3.8, 4) is 5.69 Å². The molecule has 1 heterocycles. The molecule has 0 saturated heterocycles. The molecule has 3 unspecified atom stereocenters. The number of rotatable bonds is 4. The van der Waals surface area contributed by atoms with Crippen molar-refractivity contribution in [3.05, 3.63) is 89.3 Å². The van der Waals surface area contributed by atoms with E-state index in [1.807, 2.05) is 54.2 Å². The highest BCUT2D eigenvalue weighted by molar-refractivity contribution is 5.62. The minimum absolute atomic E-state index is 0.0115. The molecule has 2 aliphatic carbocycles. The lowest BCUT2D eigenvalue weighted by Gasteiger charge is -2.36. The van der Waals surface area contributed by atoms with E-state index in [4.69, 9.17) is 4.74 Å². The van der Waals surface area contributed by atoms with Crippen molar-refractivity contribution < 1.29 is 9.84 Å². The van der Waals surface area contributed by atoms with Gasteiger partial charge in [0.05, 0.1) is 36.4 Å². The van der Waals surface area contributed by atoms with Crippen molar-refractivity contribution in [2.75, 3.05) is 6.61 Å². The highest BCUT2D eigenvalue weighted by Crippen LogP contribution is 2.51. The molecule has 2 aliphatic rings. The van der Waals surface area contributed by atoms with Gasteiger partial charge in [0.2, 0.25) is 0 Å². The highest BCUT2D eigenvalue weighted by atomic mass is 16.5. The van der Waals surface area contributed by atoms with Crippen LogP contribution in [0.2, 0.25) is 0 Å². The Balaban J connectivity index is 0.000000334. The third kappa shape index (κ3) is 4.51. The van der Waals surface area contributed by atoms with E-state index in [2.05, 4.69) is 49.3 Å². The van der Waals surface area contributed by atoms with Crippen molar-refractivity contribution >= 4 is 6.08 Å². The molecule has 1 aromatic heterocycles. The van der Waals surface area contributed by atoms with Crippen molar-refractivity contribution in [3.63, 3.8) is 0 Å². The Labute approximate surface area is 185 Å². The third-order valence-corrected chi connectivity index (χ3v) is 6.47. The fourth-order valence-electron chi connectivity index (χ4n) is 4.62. The molecule has 3 aromatic rings. The standard InChI is InChI=1S/C21H26N2O2.C6H6/c1-14-4-7-18(8-5-14)23-19-10-17-6-9-20(25-15(2)13-24)21(17,3)11-16(19)12-22-23;1-2-4-6-5-3-1/h4-5,7-8,10,12,15,20,24H,6,9,11,13H2,1-3H3;1-6H. The zero-order valence-corrected chi connectivity index (χ0v) is 18.7. The summed E-state index contributed by atoms with van der Waals surface area (Å²) >= 11 is 0. The van der Waals surface area contributed by atoms with Crippen LogP contribution in [0.4, 0.5) is 0 Å². The van der Waals surface area contributed by atoms with Crippen LogP contribution in [0.5, 0.6) is 0 Å². The predicted molar refractivity (Wildman–Crippen MR) is 125 cm³/mol. The molecule has 1 saturated carbocycles. The van der Waals surface area contributed by atoms with E-state index in [1.54, 1.807) is 0 Å². The molecule has 4 heteroatoms. The monoisotopic (exact) mass is 416 g/mol. The van der Waals surface area contributed by atoms with Crippen LogP contribution in [-0.4, -0.2) is 33.7 Å². The molecule has 0 amide bonds. The maximum absolute atomic E-state index is 9.33. The zero-order valence-electron chi connectivity index (χ0n) is 18.7. The first-order valence-corrected chi connectivity index (χ1v) is 11.1. The van der Waals surface area contributed by atoms with Crippen molar-refractivity contribution in [2.45, 2.75) is 52.2 Å². The maximum Gasteiger partial charge on any atom is 0.0781 e. The summed E-state index contributed by atoms with van der Waals surface area (Å²) in [6.45, 7) is 6.41. The van der Waals surface area contributed by atoms with Gasteiger partial charge in [-0.25, -0.2) is 4.68 Å². The highest BCUT2D eigenvalue weighted by Gasteiger charge is 2.46. The van der Waals surface area contributed by atoms with Gasteiger partial charge in [-0.15, -0.1) is 0 Å². The van der Waals surface area contributed by atoms with Crippen molar-refractivity contribution in [1.29, 1.82) is 0 Å². The Hall–Kier alpha value is -2.69. The third-order valence-electron chi connectivity index (χ3n) is 6.47. The number of aliphatic hydroxyl groups is 1. The summed E-state index contributed by atoms with van der Waals surface area (Å²) in [5.41, 5.74) is 6.30. The van der Waals surface area contributed by atoms with Gasteiger partial charge in [-0.1, -0.05) is 66.6 Å². The molecule has 4 nitrogen and oxygen atoms in total. The normalized spacial score (nSPS) is 22.6. The number of ether oxygens (including phenoxy) is 1. The number of fused-ring (bicyclic) bond motifs is 2. The average molecular weight is 417 g/mol. The van der Waals surface area contributed by atoms with E-state index >= 15 is 0 Å². The molecular weight excluding hydrogens is 384 g/mol. The Morgan fingerprint density at radius 1 is 1.13 bits per heavy atom.